The van der Waals surface area contributed by atoms with Crippen molar-refractivity contribution < 1.29 is 9.53 Å². The van der Waals surface area contributed by atoms with E-state index in [0.717, 1.165) is 19.4 Å². The maximum absolute atomic E-state index is 12.0. The first-order valence-corrected chi connectivity index (χ1v) is 6.64. The zero-order valence-corrected chi connectivity index (χ0v) is 11.4. The highest BCUT2D eigenvalue weighted by Gasteiger charge is 2.22. The third-order valence-corrected chi connectivity index (χ3v) is 3.43. The lowest BCUT2D eigenvalue weighted by atomic mass is 10.0. The van der Waals surface area contributed by atoms with Gasteiger partial charge in [-0.3, -0.25) is 0 Å². The first-order valence-electron chi connectivity index (χ1n) is 6.64. The van der Waals surface area contributed by atoms with Crippen LogP contribution in [0.5, 0.6) is 5.75 Å². The van der Waals surface area contributed by atoms with E-state index in [1.807, 2.05) is 24.3 Å². The fourth-order valence-electron chi connectivity index (χ4n) is 2.32. The lowest BCUT2D eigenvalue weighted by molar-refractivity contribution is 0.239. The molecule has 2 atom stereocenters. The highest BCUT2D eigenvalue weighted by Crippen LogP contribution is 2.22. The molecule has 0 saturated carbocycles. The Balaban J connectivity index is 1.93. The molecule has 5 heteroatoms. The highest BCUT2D eigenvalue weighted by molar-refractivity contribution is 5.91. The summed E-state index contributed by atoms with van der Waals surface area (Å²) in [5.41, 5.74) is 0.680. The Morgan fingerprint density at radius 3 is 2.95 bits per heavy atom. The molecule has 2 amide bonds. The van der Waals surface area contributed by atoms with E-state index in [0.29, 0.717) is 17.5 Å². The van der Waals surface area contributed by atoms with Crippen LogP contribution >= 0.6 is 0 Å². The van der Waals surface area contributed by atoms with Crippen LogP contribution in [-0.2, 0) is 0 Å². The van der Waals surface area contributed by atoms with Crippen molar-refractivity contribution in [2.45, 2.75) is 31.8 Å². The summed E-state index contributed by atoms with van der Waals surface area (Å²) in [7, 11) is 1.59. The number of hydrogen-bond donors (Lipinski definition) is 3. The molecule has 1 aliphatic rings. The molecule has 19 heavy (non-hydrogen) atoms. The van der Waals surface area contributed by atoms with Crippen molar-refractivity contribution in [3.8, 4) is 5.75 Å². The second kappa shape index (κ2) is 6.43. The van der Waals surface area contributed by atoms with Gasteiger partial charge in [0, 0.05) is 12.1 Å². The Kier molecular flexibility index (Phi) is 4.63. The summed E-state index contributed by atoms with van der Waals surface area (Å²) < 4.78 is 5.20. The number of carbonyl (C=O) groups is 1. The predicted molar refractivity (Wildman–Crippen MR) is 75.6 cm³/mol. The fourth-order valence-corrected chi connectivity index (χ4v) is 2.32. The Labute approximate surface area is 113 Å². The number of anilines is 1. The number of benzene rings is 1. The smallest absolute Gasteiger partial charge is 0.319 e. The van der Waals surface area contributed by atoms with Gasteiger partial charge in [-0.2, -0.15) is 0 Å². The molecular formula is C14H21N3O2. The van der Waals surface area contributed by atoms with Crippen LogP contribution < -0.4 is 20.7 Å². The molecule has 5 nitrogen and oxygen atoms in total. The third-order valence-electron chi connectivity index (χ3n) is 3.43. The fraction of sp³-hybridized carbons (Fsp3) is 0.500. The van der Waals surface area contributed by atoms with Crippen molar-refractivity contribution in [3.05, 3.63) is 24.3 Å². The zero-order chi connectivity index (χ0) is 13.7. The van der Waals surface area contributed by atoms with Gasteiger partial charge in [0.15, 0.2) is 0 Å². The summed E-state index contributed by atoms with van der Waals surface area (Å²) >= 11 is 0. The lowest BCUT2D eigenvalue weighted by Crippen LogP contribution is -2.52. The van der Waals surface area contributed by atoms with E-state index in [1.54, 1.807) is 7.11 Å². The minimum atomic E-state index is -0.190. The van der Waals surface area contributed by atoms with Crippen LogP contribution in [0, 0.1) is 0 Å². The topological polar surface area (TPSA) is 62.4 Å². The van der Waals surface area contributed by atoms with Crippen molar-refractivity contribution in [2.24, 2.45) is 0 Å². The zero-order valence-electron chi connectivity index (χ0n) is 11.4. The quantitative estimate of drug-likeness (QED) is 0.781. The maximum atomic E-state index is 12.0. The largest absolute Gasteiger partial charge is 0.495 e. The van der Waals surface area contributed by atoms with E-state index in [2.05, 4.69) is 22.9 Å². The second-order valence-corrected chi connectivity index (χ2v) is 4.79. The number of ether oxygens (including phenoxy) is 1. The first kappa shape index (κ1) is 13.7. The molecule has 3 N–H and O–H groups in total. The Bertz CT molecular complexity index is 436. The molecule has 0 radical (unpaired) electrons. The van der Waals surface area contributed by atoms with Crippen LogP contribution in [0.1, 0.15) is 19.8 Å². The van der Waals surface area contributed by atoms with Gasteiger partial charge in [-0.15, -0.1) is 0 Å². The minimum absolute atomic E-state index is 0.170. The third kappa shape index (κ3) is 3.61. The number of amides is 2. The molecule has 104 valence electrons. The molecule has 1 aliphatic heterocycles. The minimum Gasteiger partial charge on any atom is -0.495 e. The van der Waals surface area contributed by atoms with Gasteiger partial charge in [0.05, 0.1) is 12.8 Å². The van der Waals surface area contributed by atoms with Gasteiger partial charge < -0.3 is 20.7 Å². The van der Waals surface area contributed by atoms with Crippen LogP contribution in [0.4, 0.5) is 10.5 Å². The molecule has 2 unspecified atom stereocenters. The van der Waals surface area contributed by atoms with Crippen molar-refractivity contribution in [1.29, 1.82) is 0 Å². The maximum Gasteiger partial charge on any atom is 0.319 e. The molecule has 2 rings (SSSR count). The van der Waals surface area contributed by atoms with E-state index in [-0.39, 0.29) is 12.1 Å². The molecule has 1 fully saturated rings. The SMILES string of the molecule is COc1ccccc1NC(=O)NC1CCCNC1C. The number of carbonyl (C=O) groups excluding carboxylic acids is 1. The van der Waals surface area contributed by atoms with Gasteiger partial charge in [0.1, 0.15) is 5.75 Å². The monoisotopic (exact) mass is 263 g/mol. The van der Waals surface area contributed by atoms with Gasteiger partial charge in [0.25, 0.3) is 0 Å². The Hall–Kier alpha value is -1.75. The van der Waals surface area contributed by atoms with Crippen molar-refractivity contribution >= 4 is 11.7 Å². The van der Waals surface area contributed by atoms with Crippen LogP contribution in [0.3, 0.4) is 0 Å². The molecule has 1 aromatic carbocycles. The van der Waals surface area contributed by atoms with Crippen molar-refractivity contribution in [2.75, 3.05) is 19.0 Å². The summed E-state index contributed by atoms with van der Waals surface area (Å²) in [4.78, 5) is 12.0. The standard InChI is InChI=1S/C14H21N3O2/c1-10-11(7-5-9-15-10)16-14(18)17-12-6-3-4-8-13(12)19-2/h3-4,6,8,10-11,15H,5,7,9H2,1-2H3,(H2,16,17,18). The number of hydrogen-bond acceptors (Lipinski definition) is 3. The van der Waals surface area contributed by atoms with Crippen LogP contribution in [-0.4, -0.2) is 31.8 Å². The highest BCUT2D eigenvalue weighted by atomic mass is 16.5. The first-order chi connectivity index (χ1) is 9.20. The molecule has 1 heterocycles. The lowest BCUT2D eigenvalue weighted by Gasteiger charge is -2.30. The number of nitrogens with one attached hydrogen (secondary N) is 3. The van der Waals surface area contributed by atoms with Crippen LogP contribution in [0.2, 0.25) is 0 Å². The second-order valence-electron chi connectivity index (χ2n) is 4.79. The predicted octanol–water partition coefficient (Wildman–Crippen LogP) is 1.96. The summed E-state index contributed by atoms with van der Waals surface area (Å²) in [6.45, 7) is 3.11. The molecule has 0 spiro atoms. The van der Waals surface area contributed by atoms with Gasteiger partial charge >= 0.3 is 6.03 Å². The number of piperidine rings is 1. The van der Waals surface area contributed by atoms with Crippen molar-refractivity contribution in [1.82, 2.24) is 10.6 Å². The van der Waals surface area contributed by atoms with Crippen LogP contribution in [0.25, 0.3) is 0 Å². The summed E-state index contributed by atoms with van der Waals surface area (Å²) in [6, 6.07) is 7.66. The Morgan fingerprint density at radius 2 is 2.21 bits per heavy atom. The van der Waals surface area contributed by atoms with E-state index in [9.17, 15) is 4.79 Å². The Morgan fingerprint density at radius 1 is 1.42 bits per heavy atom. The molecular weight excluding hydrogens is 242 g/mol. The van der Waals surface area contributed by atoms with E-state index in [4.69, 9.17) is 4.74 Å². The molecule has 1 saturated heterocycles. The average Bonchev–Trinajstić information content (AvgIpc) is 2.42. The molecule has 0 bridgehead atoms. The normalized spacial score (nSPS) is 22.6. The molecule has 0 aliphatic carbocycles. The summed E-state index contributed by atoms with van der Waals surface area (Å²) in [6.07, 6.45) is 2.09. The number of urea groups is 1. The van der Waals surface area contributed by atoms with Gasteiger partial charge in [-0.25, -0.2) is 4.79 Å². The van der Waals surface area contributed by atoms with E-state index in [1.165, 1.54) is 0 Å². The van der Waals surface area contributed by atoms with Gasteiger partial charge in [-0.05, 0) is 38.4 Å². The number of para-hydroxylation sites is 2. The number of methoxy groups -OCH3 is 1. The summed E-state index contributed by atoms with van der Waals surface area (Å²) in [5, 5.41) is 9.18. The van der Waals surface area contributed by atoms with E-state index < -0.39 is 0 Å². The van der Waals surface area contributed by atoms with Gasteiger partial charge in [-0.1, -0.05) is 12.1 Å². The molecule has 0 aromatic heterocycles. The van der Waals surface area contributed by atoms with Gasteiger partial charge in [0.2, 0.25) is 0 Å². The molecule has 1 aromatic rings. The van der Waals surface area contributed by atoms with Crippen molar-refractivity contribution in [3.63, 3.8) is 0 Å². The number of rotatable bonds is 3. The van der Waals surface area contributed by atoms with Crippen LogP contribution in [0.15, 0.2) is 24.3 Å². The summed E-state index contributed by atoms with van der Waals surface area (Å²) in [5.74, 6) is 0.660. The average molecular weight is 263 g/mol. The van der Waals surface area contributed by atoms with E-state index >= 15 is 0 Å².